The van der Waals surface area contributed by atoms with Gasteiger partial charge in [0, 0.05) is 31.2 Å². The van der Waals surface area contributed by atoms with Crippen molar-refractivity contribution >= 4 is 0 Å². The van der Waals surface area contributed by atoms with Gasteiger partial charge in [0.15, 0.2) is 0 Å². The summed E-state index contributed by atoms with van der Waals surface area (Å²) < 4.78 is 0. The molecular formula is C13H25N3. The molecule has 1 aliphatic rings. The van der Waals surface area contributed by atoms with Gasteiger partial charge in [-0.25, -0.2) is 0 Å². The summed E-state index contributed by atoms with van der Waals surface area (Å²) in [6.07, 6.45) is 0.633. The van der Waals surface area contributed by atoms with Gasteiger partial charge in [0.1, 0.15) is 0 Å². The van der Waals surface area contributed by atoms with E-state index in [1.54, 1.807) is 0 Å². The predicted molar refractivity (Wildman–Crippen MR) is 67.1 cm³/mol. The maximum Gasteiger partial charge on any atom is 0.0638 e. The predicted octanol–water partition coefficient (Wildman–Crippen LogP) is 1.95. The smallest absolute Gasteiger partial charge is 0.0638 e. The second-order valence-corrected chi connectivity index (χ2v) is 6.03. The summed E-state index contributed by atoms with van der Waals surface area (Å²) in [5, 5.41) is 8.88. The lowest BCUT2D eigenvalue weighted by Crippen LogP contribution is -2.62. The molecule has 3 nitrogen and oxygen atoms in total. The molecule has 0 spiro atoms. The van der Waals surface area contributed by atoms with E-state index in [2.05, 4.69) is 50.6 Å². The number of rotatable bonds is 3. The van der Waals surface area contributed by atoms with Crippen LogP contribution in [0.4, 0.5) is 0 Å². The van der Waals surface area contributed by atoms with Crippen LogP contribution in [0, 0.1) is 17.2 Å². The van der Waals surface area contributed by atoms with Crippen molar-refractivity contribution in [3.05, 3.63) is 0 Å². The van der Waals surface area contributed by atoms with Crippen LogP contribution in [-0.4, -0.2) is 48.1 Å². The van der Waals surface area contributed by atoms with Gasteiger partial charge in [-0.3, -0.25) is 9.80 Å². The van der Waals surface area contributed by atoms with Crippen LogP contribution in [0.2, 0.25) is 0 Å². The lowest BCUT2D eigenvalue weighted by atomic mass is 9.94. The van der Waals surface area contributed by atoms with Crippen LogP contribution in [0.15, 0.2) is 0 Å². The summed E-state index contributed by atoms with van der Waals surface area (Å²) in [5.41, 5.74) is 0.175. The highest BCUT2D eigenvalue weighted by atomic mass is 15.3. The van der Waals surface area contributed by atoms with Crippen molar-refractivity contribution in [1.29, 1.82) is 5.26 Å². The molecule has 0 N–H and O–H groups in total. The molecule has 16 heavy (non-hydrogen) atoms. The van der Waals surface area contributed by atoms with Gasteiger partial charge in [-0.15, -0.1) is 0 Å². The third kappa shape index (κ3) is 3.20. The van der Waals surface area contributed by atoms with Crippen LogP contribution in [0.25, 0.3) is 0 Å². The average Bonchev–Trinajstić information content (AvgIpc) is 2.12. The van der Waals surface area contributed by atoms with Crippen molar-refractivity contribution in [2.24, 2.45) is 5.92 Å². The minimum absolute atomic E-state index is 0.175. The SMILES string of the molecule is CC(C)CN1CC(CC#N)N(C)C(C)(C)C1. The van der Waals surface area contributed by atoms with E-state index >= 15 is 0 Å². The van der Waals surface area contributed by atoms with Gasteiger partial charge in [-0.05, 0) is 26.8 Å². The Morgan fingerprint density at radius 2 is 2.06 bits per heavy atom. The van der Waals surface area contributed by atoms with Crippen molar-refractivity contribution in [2.45, 2.75) is 45.7 Å². The second kappa shape index (κ2) is 5.16. The van der Waals surface area contributed by atoms with Crippen LogP contribution < -0.4 is 0 Å². The zero-order chi connectivity index (χ0) is 12.3. The van der Waals surface area contributed by atoms with E-state index < -0.39 is 0 Å². The van der Waals surface area contributed by atoms with E-state index in [0.29, 0.717) is 18.4 Å². The average molecular weight is 223 g/mol. The molecule has 0 bridgehead atoms. The molecule has 1 unspecified atom stereocenters. The molecule has 1 saturated heterocycles. The standard InChI is InChI=1S/C13H25N3/c1-11(2)8-16-9-12(6-7-14)15(5)13(3,4)10-16/h11-12H,6,8-10H2,1-5H3. The Hall–Kier alpha value is -0.590. The summed E-state index contributed by atoms with van der Waals surface area (Å²) in [7, 11) is 2.15. The topological polar surface area (TPSA) is 30.3 Å². The van der Waals surface area contributed by atoms with Gasteiger partial charge in [0.05, 0.1) is 12.5 Å². The molecule has 1 heterocycles. The van der Waals surface area contributed by atoms with Gasteiger partial charge in [0.2, 0.25) is 0 Å². The van der Waals surface area contributed by atoms with Crippen molar-refractivity contribution in [3.8, 4) is 6.07 Å². The first-order valence-corrected chi connectivity index (χ1v) is 6.19. The Balaban J connectivity index is 2.70. The van der Waals surface area contributed by atoms with E-state index in [-0.39, 0.29) is 5.54 Å². The quantitative estimate of drug-likeness (QED) is 0.732. The Labute approximate surface area is 100 Å². The molecule has 0 aromatic heterocycles. The highest BCUT2D eigenvalue weighted by molar-refractivity contribution is 4.97. The number of hydrogen-bond donors (Lipinski definition) is 0. The van der Waals surface area contributed by atoms with Gasteiger partial charge in [-0.2, -0.15) is 5.26 Å². The fourth-order valence-corrected chi connectivity index (χ4v) is 2.60. The summed E-state index contributed by atoms with van der Waals surface area (Å²) >= 11 is 0. The Morgan fingerprint density at radius 3 is 2.56 bits per heavy atom. The van der Waals surface area contributed by atoms with E-state index in [1.165, 1.54) is 0 Å². The highest BCUT2D eigenvalue weighted by Crippen LogP contribution is 2.25. The summed E-state index contributed by atoms with van der Waals surface area (Å²) in [5.74, 6) is 0.696. The van der Waals surface area contributed by atoms with Gasteiger partial charge >= 0.3 is 0 Å². The number of likely N-dealkylation sites (N-methyl/N-ethyl adjacent to an activating group) is 1. The fourth-order valence-electron chi connectivity index (χ4n) is 2.60. The molecular weight excluding hydrogens is 198 g/mol. The van der Waals surface area contributed by atoms with Crippen LogP contribution >= 0.6 is 0 Å². The Kier molecular flexibility index (Phi) is 4.35. The Morgan fingerprint density at radius 1 is 1.44 bits per heavy atom. The number of nitriles is 1. The molecule has 1 atom stereocenters. The minimum atomic E-state index is 0.175. The summed E-state index contributed by atoms with van der Waals surface area (Å²) in [6.45, 7) is 12.3. The first kappa shape index (κ1) is 13.5. The molecule has 1 fully saturated rings. The van der Waals surface area contributed by atoms with E-state index in [1.807, 2.05) is 0 Å². The third-order valence-electron chi connectivity index (χ3n) is 3.53. The first-order chi connectivity index (χ1) is 7.36. The molecule has 0 aromatic carbocycles. The highest BCUT2D eigenvalue weighted by Gasteiger charge is 2.37. The molecule has 0 aromatic rings. The van der Waals surface area contributed by atoms with Crippen molar-refractivity contribution in [1.82, 2.24) is 9.80 Å². The van der Waals surface area contributed by atoms with E-state index in [9.17, 15) is 0 Å². The van der Waals surface area contributed by atoms with Crippen LogP contribution in [0.1, 0.15) is 34.1 Å². The molecule has 0 aliphatic carbocycles. The van der Waals surface area contributed by atoms with Gasteiger partial charge in [0.25, 0.3) is 0 Å². The van der Waals surface area contributed by atoms with E-state index in [4.69, 9.17) is 5.26 Å². The third-order valence-corrected chi connectivity index (χ3v) is 3.53. The summed E-state index contributed by atoms with van der Waals surface area (Å²) in [4.78, 5) is 4.87. The lowest BCUT2D eigenvalue weighted by molar-refractivity contribution is -0.00859. The van der Waals surface area contributed by atoms with Crippen LogP contribution in [-0.2, 0) is 0 Å². The van der Waals surface area contributed by atoms with E-state index in [0.717, 1.165) is 19.6 Å². The van der Waals surface area contributed by atoms with Crippen molar-refractivity contribution in [3.63, 3.8) is 0 Å². The molecule has 1 aliphatic heterocycles. The molecule has 0 radical (unpaired) electrons. The molecule has 3 heteroatoms. The minimum Gasteiger partial charge on any atom is -0.300 e. The second-order valence-electron chi connectivity index (χ2n) is 6.03. The zero-order valence-electron chi connectivity index (χ0n) is 11.3. The fraction of sp³-hybridized carbons (Fsp3) is 0.923. The van der Waals surface area contributed by atoms with Gasteiger partial charge in [-0.1, -0.05) is 13.8 Å². The lowest BCUT2D eigenvalue weighted by Gasteiger charge is -2.50. The molecule has 0 saturated carbocycles. The maximum atomic E-state index is 8.88. The molecule has 1 rings (SSSR count). The number of piperazine rings is 1. The molecule has 0 amide bonds. The maximum absolute atomic E-state index is 8.88. The summed E-state index contributed by atoms with van der Waals surface area (Å²) in [6, 6.07) is 2.69. The zero-order valence-corrected chi connectivity index (χ0v) is 11.3. The van der Waals surface area contributed by atoms with Crippen LogP contribution in [0.3, 0.4) is 0 Å². The van der Waals surface area contributed by atoms with Crippen LogP contribution in [0.5, 0.6) is 0 Å². The largest absolute Gasteiger partial charge is 0.300 e. The Bertz CT molecular complexity index is 265. The normalized spacial score (nSPS) is 26.9. The number of nitrogens with zero attached hydrogens (tertiary/aromatic N) is 3. The van der Waals surface area contributed by atoms with Gasteiger partial charge < -0.3 is 0 Å². The monoisotopic (exact) mass is 223 g/mol. The first-order valence-electron chi connectivity index (χ1n) is 6.19. The van der Waals surface area contributed by atoms with Crippen molar-refractivity contribution < 1.29 is 0 Å². The molecule has 92 valence electrons. The van der Waals surface area contributed by atoms with Crippen molar-refractivity contribution in [2.75, 3.05) is 26.7 Å². The number of hydrogen-bond acceptors (Lipinski definition) is 3.